The molecule has 0 aliphatic carbocycles. The number of rotatable bonds is 11. The van der Waals surface area contributed by atoms with Crippen LogP contribution in [0.1, 0.15) is 56.4 Å². The van der Waals surface area contributed by atoms with Crippen LogP contribution < -0.4 is 5.32 Å². The molecule has 9 heteroatoms. The maximum absolute atomic E-state index is 13.2. The Morgan fingerprint density at radius 1 is 0.821 bits per heavy atom. The summed E-state index contributed by atoms with van der Waals surface area (Å²) in [6.45, 7) is 1.70. The summed E-state index contributed by atoms with van der Waals surface area (Å²) in [6.07, 6.45) is 1.72. The van der Waals surface area contributed by atoms with E-state index in [9.17, 15) is 24.0 Å². The lowest BCUT2D eigenvalue weighted by Gasteiger charge is -2.24. The van der Waals surface area contributed by atoms with Crippen molar-refractivity contribution < 1.29 is 33.4 Å². The number of hydrogen-bond acceptors (Lipinski definition) is 7. The van der Waals surface area contributed by atoms with Gasteiger partial charge in [-0.3, -0.25) is 19.3 Å². The van der Waals surface area contributed by atoms with Crippen LogP contribution >= 0.6 is 0 Å². The first kappa shape index (κ1) is 27.3. The number of nitrogens with zero attached hydrogens (tertiary/aromatic N) is 1. The van der Waals surface area contributed by atoms with E-state index in [2.05, 4.69) is 5.32 Å². The molecule has 0 radical (unpaired) electrons. The molecule has 200 valence electrons. The van der Waals surface area contributed by atoms with Gasteiger partial charge in [0.05, 0.1) is 23.3 Å². The fraction of sp³-hybridized carbons (Fsp3) is 0.233. The number of benzene rings is 3. The van der Waals surface area contributed by atoms with Crippen LogP contribution in [-0.4, -0.2) is 53.8 Å². The second kappa shape index (κ2) is 12.6. The fourth-order valence-electron chi connectivity index (χ4n) is 4.12. The molecule has 1 heterocycles. The van der Waals surface area contributed by atoms with E-state index in [0.717, 1.165) is 17.7 Å². The number of unbranched alkanes of at least 4 members (excludes halogenated alkanes) is 1. The molecule has 0 saturated carbocycles. The quantitative estimate of drug-likeness (QED) is 0.227. The van der Waals surface area contributed by atoms with Gasteiger partial charge in [0, 0.05) is 12.1 Å². The van der Waals surface area contributed by atoms with Gasteiger partial charge >= 0.3 is 11.9 Å². The number of carbonyl (C=O) groups excluding carboxylic acids is 5. The van der Waals surface area contributed by atoms with Crippen LogP contribution in [0.25, 0.3) is 0 Å². The number of esters is 2. The molecule has 0 fully saturated rings. The minimum Gasteiger partial charge on any atom is -0.462 e. The van der Waals surface area contributed by atoms with E-state index in [-0.39, 0.29) is 17.5 Å². The Kier molecular flexibility index (Phi) is 8.83. The molecule has 0 aromatic heterocycles. The predicted octanol–water partition coefficient (Wildman–Crippen LogP) is 4.03. The Bertz CT molecular complexity index is 1330. The summed E-state index contributed by atoms with van der Waals surface area (Å²) in [7, 11) is 0. The Balaban J connectivity index is 1.40. The summed E-state index contributed by atoms with van der Waals surface area (Å²) in [5.41, 5.74) is 1.88. The molecule has 9 nitrogen and oxygen atoms in total. The van der Waals surface area contributed by atoms with Gasteiger partial charge in [-0.1, -0.05) is 55.8 Å². The Labute approximate surface area is 225 Å². The van der Waals surface area contributed by atoms with Crippen molar-refractivity contribution >= 4 is 35.3 Å². The van der Waals surface area contributed by atoms with E-state index in [0.29, 0.717) is 23.4 Å². The van der Waals surface area contributed by atoms with E-state index < -0.39 is 42.3 Å². The highest BCUT2D eigenvalue weighted by Crippen LogP contribution is 2.26. The van der Waals surface area contributed by atoms with Crippen LogP contribution in [0.2, 0.25) is 0 Å². The lowest BCUT2D eigenvalue weighted by molar-refractivity contribution is -0.151. The third kappa shape index (κ3) is 6.56. The van der Waals surface area contributed by atoms with Gasteiger partial charge in [-0.15, -0.1) is 0 Å². The maximum atomic E-state index is 13.2. The van der Waals surface area contributed by atoms with Gasteiger partial charge in [-0.05, 0) is 48.4 Å². The number of carbonyl (C=O) groups is 5. The molecule has 4 rings (SSSR count). The molecule has 0 bridgehead atoms. The number of fused-ring (bicyclic) bond motifs is 1. The van der Waals surface area contributed by atoms with Crippen molar-refractivity contribution in [2.24, 2.45) is 0 Å². The average Bonchev–Trinajstić information content (AvgIpc) is 3.21. The molecule has 3 aromatic rings. The highest BCUT2D eigenvalue weighted by atomic mass is 16.5. The fourth-order valence-corrected chi connectivity index (χ4v) is 4.12. The standard InChI is InChI=1S/C30H28N2O7/c1-2-3-17-38-29(36)21-13-15-22(16-14-21)31-26(33)19-39-30(37)25(18-20-9-5-4-6-10-20)32-27(34)23-11-7-8-12-24(23)28(32)35/h4-16,25H,2-3,17-19H2,1H3,(H,31,33)/t25-/m0/s1. The van der Waals surface area contributed by atoms with Gasteiger partial charge in [0.2, 0.25) is 0 Å². The summed E-state index contributed by atoms with van der Waals surface area (Å²) >= 11 is 0. The van der Waals surface area contributed by atoms with Crippen LogP contribution in [0.5, 0.6) is 0 Å². The first-order chi connectivity index (χ1) is 18.9. The molecule has 1 atom stereocenters. The molecule has 3 aromatic carbocycles. The lowest BCUT2D eigenvalue weighted by Crippen LogP contribution is -2.47. The van der Waals surface area contributed by atoms with Crippen LogP contribution in [0.4, 0.5) is 5.69 Å². The van der Waals surface area contributed by atoms with E-state index in [1.165, 1.54) is 36.4 Å². The van der Waals surface area contributed by atoms with Gasteiger partial charge in [-0.2, -0.15) is 0 Å². The molecule has 0 spiro atoms. The van der Waals surface area contributed by atoms with Gasteiger partial charge < -0.3 is 14.8 Å². The predicted molar refractivity (Wildman–Crippen MR) is 142 cm³/mol. The maximum Gasteiger partial charge on any atom is 0.338 e. The van der Waals surface area contributed by atoms with Gasteiger partial charge in [-0.25, -0.2) is 9.59 Å². The van der Waals surface area contributed by atoms with E-state index in [1.807, 2.05) is 13.0 Å². The van der Waals surface area contributed by atoms with Crippen LogP contribution in [0.3, 0.4) is 0 Å². The summed E-state index contributed by atoms with van der Waals surface area (Å²) in [6, 6.07) is 20.1. The lowest BCUT2D eigenvalue weighted by atomic mass is 10.0. The largest absolute Gasteiger partial charge is 0.462 e. The second-order valence-electron chi connectivity index (χ2n) is 8.95. The summed E-state index contributed by atoms with van der Waals surface area (Å²) < 4.78 is 10.4. The van der Waals surface area contributed by atoms with Crippen LogP contribution in [0.15, 0.2) is 78.9 Å². The summed E-state index contributed by atoms with van der Waals surface area (Å²) in [5.74, 6) is -3.14. The summed E-state index contributed by atoms with van der Waals surface area (Å²) in [4.78, 5) is 64.7. The van der Waals surface area contributed by atoms with Gasteiger partial charge in [0.1, 0.15) is 6.04 Å². The number of amides is 3. The Hall–Kier alpha value is -4.79. The SMILES string of the molecule is CCCCOC(=O)c1ccc(NC(=O)COC(=O)[C@H](Cc2ccccc2)N2C(=O)c3ccccc3C2=O)cc1. The zero-order valence-electron chi connectivity index (χ0n) is 21.4. The van der Waals surface area contributed by atoms with Crippen LogP contribution in [-0.2, 0) is 25.5 Å². The van der Waals surface area contributed by atoms with Crippen molar-refractivity contribution in [3.8, 4) is 0 Å². The minimum absolute atomic E-state index is 0.0303. The number of ether oxygens (including phenoxy) is 2. The highest BCUT2D eigenvalue weighted by Gasteiger charge is 2.43. The average molecular weight is 529 g/mol. The highest BCUT2D eigenvalue weighted by molar-refractivity contribution is 6.22. The number of anilines is 1. The molecule has 39 heavy (non-hydrogen) atoms. The summed E-state index contributed by atoms with van der Waals surface area (Å²) in [5, 5.41) is 2.59. The van der Waals surface area contributed by atoms with E-state index >= 15 is 0 Å². The van der Waals surface area contributed by atoms with Gasteiger partial charge in [0.15, 0.2) is 6.61 Å². The van der Waals surface area contributed by atoms with Crippen molar-refractivity contribution in [3.05, 3.63) is 101 Å². The van der Waals surface area contributed by atoms with Crippen molar-refractivity contribution in [2.45, 2.75) is 32.2 Å². The number of hydrogen-bond donors (Lipinski definition) is 1. The van der Waals surface area contributed by atoms with Crippen molar-refractivity contribution in [1.82, 2.24) is 4.90 Å². The molecule has 0 saturated heterocycles. The van der Waals surface area contributed by atoms with Crippen LogP contribution in [0, 0.1) is 0 Å². The third-order valence-electron chi connectivity index (χ3n) is 6.16. The van der Waals surface area contributed by atoms with E-state index in [4.69, 9.17) is 9.47 Å². The van der Waals surface area contributed by atoms with Crippen molar-refractivity contribution in [1.29, 1.82) is 0 Å². The third-order valence-corrected chi connectivity index (χ3v) is 6.16. The first-order valence-electron chi connectivity index (χ1n) is 12.6. The smallest absolute Gasteiger partial charge is 0.338 e. The van der Waals surface area contributed by atoms with Gasteiger partial charge in [0.25, 0.3) is 17.7 Å². The second-order valence-corrected chi connectivity index (χ2v) is 8.95. The minimum atomic E-state index is -1.26. The molecule has 0 unspecified atom stereocenters. The molecular weight excluding hydrogens is 500 g/mol. The van der Waals surface area contributed by atoms with E-state index in [1.54, 1.807) is 36.4 Å². The van der Waals surface area contributed by atoms with Crippen molar-refractivity contribution in [3.63, 3.8) is 0 Å². The normalized spacial score (nSPS) is 13.0. The first-order valence-corrected chi connectivity index (χ1v) is 12.6. The number of imide groups is 1. The molecule has 3 amide bonds. The molecular formula is C30H28N2O7. The number of nitrogens with one attached hydrogen (secondary N) is 1. The zero-order valence-corrected chi connectivity index (χ0v) is 21.4. The molecule has 1 aliphatic heterocycles. The molecule has 1 N–H and O–H groups in total. The molecule has 1 aliphatic rings. The van der Waals surface area contributed by atoms with Crippen molar-refractivity contribution in [2.75, 3.05) is 18.5 Å². The Morgan fingerprint density at radius 2 is 1.44 bits per heavy atom. The monoisotopic (exact) mass is 528 g/mol. The Morgan fingerprint density at radius 3 is 2.05 bits per heavy atom. The topological polar surface area (TPSA) is 119 Å². The zero-order chi connectivity index (χ0) is 27.8.